The molecule has 1 atom stereocenters. The van der Waals surface area contributed by atoms with Gasteiger partial charge in [0.25, 0.3) is 0 Å². The minimum absolute atomic E-state index is 0.0444. The Balaban J connectivity index is 4.51. The van der Waals surface area contributed by atoms with Crippen LogP contribution in [0.15, 0.2) is 0 Å². The van der Waals surface area contributed by atoms with Crippen molar-refractivity contribution in [3.8, 4) is 0 Å². The Morgan fingerprint density at radius 3 is 1.94 bits per heavy atom. The maximum absolute atomic E-state index is 12.8. The molecule has 16 heavy (non-hydrogen) atoms. The van der Waals surface area contributed by atoms with E-state index in [1.165, 1.54) is 0 Å². The smallest absolute Gasteiger partial charge is 0.241 e. The van der Waals surface area contributed by atoms with E-state index in [0.717, 1.165) is 0 Å². The number of hydrogen-bond donors (Lipinski definition) is 0. The monoisotopic (exact) mass is 253 g/mol. The molecule has 1 radical (unpaired) electrons. The number of unbranched alkanes of at least 4 members (excludes halogenated alkanes) is 2. The first-order valence-electron chi connectivity index (χ1n) is 4.76. The zero-order valence-electron chi connectivity index (χ0n) is 8.55. The van der Waals surface area contributed by atoms with Gasteiger partial charge in [-0.1, -0.05) is 26.2 Å². The summed E-state index contributed by atoms with van der Waals surface area (Å²) in [6.07, 6.45) is -6.98. The summed E-state index contributed by atoms with van der Waals surface area (Å²) in [6, 6.07) is 0. The van der Waals surface area contributed by atoms with Gasteiger partial charge in [0.05, 0.1) is 0 Å². The fourth-order valence-electron chi connectivity index (χ4n) is 1.08. The standard InChI is InChI=1S/C9H12F7/c1-2-3-4-5-6(10)8(13,14)9(15,16)7(11)12/h6H,2-5H2,1H3. The minimum Gasteiger partial charge on any atom is -0.241 e. The lowest BCUT2D eigenvalue weighted by Gasteiger charge is -2.27. The Morgan fingerprint density at radius 2 is 1.56 bits per heavy atom. The Bertz CT molecular complexity index is 202. The van der Waals surface area contributed by atoms with Gasteiger partial charge in [-0.05, 0) is 6.42 Å². The highest BCUT2D eigenvalue weighted by molar-refractivity contribution is 4.99. The van der Waals surface area contributed by atoms with Crippen LogP contribution in [0.5, 0.6) is 0 Å². The van der Waals surface area contributed by atoms with E-state index in [-0.39, 0.29) is 6.42 Å². The quantitative estimate of drug-likeness (QED) is 0.459. The summed E-state index contributed by atoms with van der Waals surface area (Å²) in [5, 5.41) is 0. The molecule has 0 amide bonds. The Labute approximate surface area is 88.8 Å². The fraction of sp³-hybridized carbons (Fsp3) is 0.889. The van der Waals surface area contributed by atoms with Crippen LogP contribution in [0.3, 0.4) is 0 Å². The molecule has 0 fully saturated rings. The molecule has 0 spiro atoms. The second-order valence-electron chi connectivity index (χ2n) is 3.42. The van der Waals surface area contributed by atoms with Crippen LogP contribution < -0.4 is 0 Å². The molecule has 0 aromatic carbocycles. The van der Waals surface area contributed by atoms with Crippen LogP contribution in [-0.2, 0) is 0 Å². The Morgan fingerprint density at radius 1 is 1.06 bits per heavy atom. The number of halogens is 7. The van der Waals surface area contributed by atoms with E-state index in [2.05, 4.69) is 0 Å². The van der Waals surface area contributed by atoms with Gasteiger partial charge >= 0.3 is 18.3 Å². The summed E-state index contributed by atoms with van der Waals surface area (Å²) in [4.78, 5) is 0. The largest absolute Gasteiger partial charge is 0.384 e. The lowest BCUT2D eigenvalue weighted by molar-refractivity contribution is -0.255. The Kier molecular flexibility index (Phi) is 5.55. The predicted octanol–water partition coefficient (Wildman–Crippen LogP) is 4.60. The molecule has 97 valence electrons. The number of hydrogen-bond acceptors (Lipinski definition) is 0. The number of rotatable bonds is 7. The normalized spacial score (nSPS) is 15.6. The van der Waals surface area contributed by atoms with E-state index in [9.17, 15) is 30.7 Å². The topological polar surface area (TPSA) is 0 Å². The van der Waals surface area contributed by atoms with E-state index >= 15 is 0 Å². The summed E-state index contributed by atoms with van der Waals surface area (Å²) < 4.78 is 85.8. The highest BCUT2D eigenvalue weighted by atomic mass is 19.3. The number of alkyl halides is 5. The summed E-state index contributed by atoms with van der Waals surface area (Å²) in [5.41, 5.74) is 0. The van der Waals surface area contributed by atoms with Gasteiger partial charge in [-0.15, -0.1) is 0 Å². The molecule has 0 saturated carbocycles. The molecule has 0 aromatic rings. The lowest BCUT2D eigenvalue weighted by Crippen LogP contribution is -2.49. The van der Waals surface area contributed by atoms with Crippen molar-refractivity contribution in [3.05, 3.63) is 6.43 Å². The summed E-state index contributed by atoms with van der Waals surface area (Å²) in [7, 11) is 0. The molecule has 7 heteroatoms. The third kappa shape index (κ3) is 3.25. The predicted molar refractivity (Wildman–Crippen MR) is 44.4 cm³/mol. The lowest BCUT2D eigenvalue weighted by atomic mass is 10.0. The van der Waals surface area contributed by atoms with Crippen molar-refractivity contribution in [2.75, 3.05) is 0 Å². The summed E-state index contributed by atoms with van der Waals surface area (Å²) in [5.74, 6) is -11.1. The maximum Gasteiger partial charge on any atom is 0.384 e. The van der Waals surface area contributed by atoms with Crippen LogP contribution in [0.2, 0.25) is 0 Å². The van der Waals surface area contributed by atoms with Crippen molar-refractivity contribution in [1.82, 2.24) is 0 Å². The molecule has 0 aromatic heterocycles. The molecule has 0 nitrogen and oxygen atoms in total. The third-order valence-electron chi connectivity index (χ3n) is 2.11. The molecule has 0 aliphatic rings. The SMILES string of the molecule is CCCCCC(F)C(F)(F)C(F)(F)[C](F)F. The average Bonchev–Trinajstić information content (AvgIpc) is 2.17. The van der Waals surface area contributed by atoms with Gasteiger partial charge in [0.1, 0.15) is 0 Å². The van der Waals surface area contributed by atoms with E-state index in [4.69, 9.17) is 0 Å². The van der Waals surface area contributed by atoms with Crippen molar-refractivity contribution >= 4 is 0 Å². The van der Waals surface area contributed by atoms with Gasteiger partial charge in [-0.3, -0.25) is 0 Å². The van der Waals surface area contributed by atoms with Crippen LogP contribution in [-0.4, -0.2) is 18.0 Å². The average molecular weight is 253 g/mol. The highest BCUT2D eigenvalue weighted by Gasteiger charge is 2.68. The molecule has 0 saturated heterocycles. The van der Waals surface area contributed by atoms with Gasteiger partial charge in [-0.2, -0.15) is 26.3 Å². The molecular formula is C9H12F7. The molecule has 0 heterocycles. The molecule has 1 unspecified atom stereocenters. The van der Waals surface area contributed by atoms with E-state index < -0.39 is 30.9 Å². The summed E-state index contributed by atoms with van der Waals surface area (Å²) in [6.45, 7) is 1.70. The van der Waals surface area contributed by atoms with Crippen molar-refractivity contribution in [2.24, 2.45) is 0 Å². The van der Waals surface area contributed by atoms with Crippen molar-refractivity contribution < 1.29 is 30.7 Å². The zero-order valence-corrected chi connectivity index (χ0v) is 8.55. The molecule has 0 aliphatic carbocycles. The zero-order chi connectivity index (χ0) is 13.0. The minimum atomic E-state index is -5.71. The second-order valence-corrected chi connectivity index (χ2v) is 3.42. The van der Waals surface area contributed by atoms with Gasteiger partial charge < -0.3 is 0 Å². The molecular weight excluding hydrogens is 241 g/mol. The first-order chi connectivity index (χ1) is 7.17. The maximum atomic E-state index is 12.8. The molecule has 0 aliphatic heterocycles. The van der Waals surface area contributed by atoms with Gasteiger partial charge in [-0.25, -0.2) is 4.39 Å². The van der Waals surface area contributed by atoms with Crippen molar-refractivity contribution in [3.63, 3.8) is 0 Å². The van der Waals surface area contributed by atoms with Gasteiger partial charge in [0, 0.05) is 0 Å². The van der Waals surface area contributed by atoms with E-state index in [0.29, 0.717) is 12.8 Å². The van der Waals surface area contributed by atoms with Crippen LogP contribution in [0.4, 0.5) is 30.7 Å². The fourth-order valence-corrected chi connectivity index (χ4v) is 1.08. The molecule has 0 rings (SSSR count). The molecule has 0 bridgehead atoms. The van der Waals surface area contributed by atoms with Crippen LogP contribution in [0.25, 0.3) is 0 Å². The highest BCUT2D eigenvalue weighted by Crippen LogP contribution is 2.46. The van der Waals surface area contributed by atoms with Crippen LogP contribution >= 0.6 is 0 Å². The van der Waals surface area contributed by atoms with E-state index in [1.807, 2.05) is 0 Å². The van der Waals surface area contributed by atoms with Gasteiger partial charge in [0.2, 0.25) is 0 Å². The third-order valence-corrected chi connectivity index (χ3v) is 2.11. The first-order valence-corrected chi connectivity index (χ1v) is 4.76. The first kappa shape index (κ1) is 15.5. The van der Waals surface area contributed by atoms with E-state index in [1.54, 1.807) is 6.92 Å². The van der Waals surface area contributed by atoms with Crippen molar-refractivity contribution in [2.45, 2.75) is 50.6 Å². The van der Waals surface area contributed by atoms with Crippen LogP contribution in [0, 0.1) is 6.43 Å². The van der Waals surface area contributed by atoms with Crippen LogP contribution in [0.1, 0.15) is 32.6 Å². The Hall–Kier alpha value is -0.490. The van der Waals surface area contributed by atoms with Crippen molar-refractivity contribution in [1.29, 1.82) is 0 Å². The summed E-state index contributed by atoms with van der Waals surface area (Å²) >= 11 is 0. The second kappa shape index (κ2) is 5.72. The molecule has 0 N–H and O–H groups in total. The van der Waals surface area contributed by atoms with Gasteiger partial charge in [0.15, 0.2) is 6.17 Å².